The Morgan fingerprint density at radius 2 is 1.64 bits per heavy atom. The van der Waals surface area contributed by atoms with Gasteiger partial charge in [-0.2, -0.15) is 32.3 Å². The zero-order valence-corrected chi connectivity index (χ0v) is 22.4. The number of benzene rings is 2. The van der Waals surface area contributed by atoms with E-state index in [1.165, 1.54) is 4.68 Å². The minimum Gasteiger partial charge on any atom is -0.382 e. The molecule has 0 bridgehead atoms. The maximum absolute atomic E-state index is 12.0. The molecule has 0 saturated heterocycles. The molecule has 2 aromatic carbocycles. The Kier molecular flexibility index (Phi) is 6.87. The minimum absolute atomic E-state index is 0.131. The number of nitrogen functional groups attached to an aromatic ring is 1. The molecule has 4 rings (SSSR count). The van der Waals surface area contributed by atoms with Crippen molar-refractivity contribution in [2.75, 3.05) is 5.73 Å². The minimum atomic E-state index is -4.91. The van der Waals surface area contributed by atoms with E-state index in [2.05, 4.69) is 20.4 Å². The van der Waals surface area contributed by atoms with Gasteiger partial charge in [0, 0.05) is 5.41 Å². The summed E-state index contributed by atoms with van der Waals surface area (Å²) in [5.41, 5.74) is 6.46. The van der Waals surface area contributed by atoms with Crippen LogP contribution in [0.3, 0.4) is 0 Å². The molecule has 2 heterocycles. The van der Waals surface area contributed by atoms with E-state index in [1.54, 1.807) is 24.3 Å². The second kappa shape index (κ2) is 9.71. The number of aromatic nitrogens is 4. The molecule has 2 aromatic heterocycles. The lowest BCUT2D eigenvalue weighted by molar-refractivity contribution is 0.477. The molecule has 0 radical (unpaired) electrons. The van der Waals surface area contributed by atoms with E-state index in [0.29, 0.717) is 11.4 Å². The van der Waals surface area contributed by atoms with Gasteiger partial charge in [0.05, 0.1) is 28.2 Å². The van der Waals surface area contributed by atoms with Gasteiger partial charge in [-0.25, -0.2) is 9.36 Å². The number of hydrogen-bond donors (Lipinski definition) is 3. The Bertz CT molecular complexity index is 1860. The van der Waals surface area contributed by atoms with Crippen molar-refractivity contribution >= 4 is 37.6 Å². The van der Waals surface area contributed by atoms with Crippen molar-refractivity contribution in [3.8, 4) is 17.4 Å². The highest BCUT2D eigenvalue weighted by molar-refractivity contribution is 7.86. The second-order valence-electron chi connectivity index (χ2n) is 9.26. The van der Waals surface area contributed by atoms with E-state index < -0.39 is 41.1 Å². The summed E-state index contributed by atoms with van der Waals surface area (Å²) in [5, 5.41) is 26.5. The van der Waals surface area contributed by atoms with Crippen molar-refractivity contribution in [3.05, 3.63) is 66.0 Å². The van der Waals surface area contributed by atoms with Gasteiger partial charge in [0.1, 0.15) is 16.5 Å². The molecular weight excluding hydrogens is 548 g/mol. The van der Waals surface area contributed by atoms with Crippen molar-refractivity contribution in [1.29, 1.82) is 5.26 Å². The number of rotatable bonds is 6. The highest BCUT2D eigenvalue weighted by Gasteiger charge is 2.28. The summed E-state index contributed by atoms with van der Waals surface area (Å²) >= 11 is 0. The van der Waals surface area contributed by atoms with Crippen LogP contribution < -0.4 is 5.73 Å². The van der Waals surface area contributed by atoms with Crippen LogP contribution in [0, 0.1) is 11.3 Å². The van der Waals surface area contributed by atoms with Gasteiger partial charge in [-0.1, -0.05) is 39.0 Å². The fraction of sp³-hybridized carbons (Fsp3) is 0.174. The Hall–Kier alpha value is -4.43. The predicted molar refractivity (Wildman–Crippen MR) is 139 cm³/mol. The van der Waals surface area contributed by atoms with Gasteiger partial charge < -0.3 is 5.73 Å². The van der Waals surface area contributed by atoms with Crippen LogP contribution in [0.5, 0.6) is 0 Å². The first kappa shape index (κ1) is 27.6. The number of anilines is 1. The number of nitriles is 1. The topological polar surface area (TPSA) is 219 Å². The molecular formula is C23H22N8O6S2. The molecule has 0 aliphatic carbocycles. The smallest absolute Gasteiger partial charge is 0.296 e. The second-order valence-corrected chi connectivity index (χ2v) is 12.1. The zero-order valence-electron chi connectivity index (χ0n) is 20.7. The zero-order chi connectivity index (χ0) is 28.8. The maximum atomic E-state index is 12.0. The lowest BCUT2D eigenvalue weighted by atomic mass is 9.91. The SMILES string of the molecule is CC(C)(C)c1nn(-c2ccccc2)c(N)c1N=Nc1c(C#N)cnn1-c1cc(S(=O)(=O)O)ccc1S(=O)(=O)O. The summed E-state index contributed by atoms with van der Waals surface area (Å²) in [4.78, 5) is -1.45. The molecule has 4 N–H and O–H groups in total. The third-order valence-corrected chi connectivity index (χ3v) is 7.20. The maximum Gasteiger partial charge on any atom is 0.296 e. The van der Waals surface area contributed by atoms with Gasteiger partial charge >= 0.3 is 0 Å². The lowest BCUT2D eigenvalue weighted by Gasteiger charge is -2.15. The Morgan fingerprint density at radius 1 is 0.974 bits per heavy atom. The fourth-order valence-corrected chi connectivity index (χ4v) is 4.77. The number of hydrogen-bond acceptors (Lipinski definition) is 10. The van der Waals surface area contributed by atoms with Gasteiger partial charge in [0.25, 0.3) is 20.2 Å². The van der Waals surface area contributed by atoms with Crippen LogP contribution in [0.4, 0.5) is 17.3 Å². The molecule has 0 aliphatic heterocycles. The monoisotopic (exact) mass is 570 g/mol. The first-order valence-corrected chi connectivity index (χ1v) is 13.9. The average molecular weight is 571 g/mol. The summed E-state index contributed by atoms with van der Waals surface area (Å²) in [5.74, 6) is -0.173. The molecule has 0 amide bonds. The van der Waals surface area contributed by atoms with Crippen LogP contribution in [0.2, 0.25) is 0 Å². The van der Waals surface area contributed by atoms with Crippen molar-refractivity contribution < 1.29 is 25.9 Å². The normalized spacial score (nSPS) is 12.6. The van der Waals surface area contributed by atoms with Gasteiger partial charge in [-0.15, -0.1) is 10.2 Å². The third kappa shape index (κ3) is 5.42. The van der Waals surface area contributed by atoms with Crippen LogP contribution >= 0.6 is 0 Å². The molecule has 4 aromatic rings. The Labute approximate surface area is 223 Å². The van der Waals surface area contributed by atoms with Crippen molar-refractivity contribution in [2.45, 2.75) is 36.0 Å². The predicted octanol–water partition coefficient (Wildman–Crippen LogP) is 3.72. The summed E-state index contributed by atoms with van der Waals surface area (Å²) in [7, 11) is -9.69. The van der Waals surface area contributed by atoms with E-state index in [-0.39, 0.29) is 22.9 Å². The van der Waals surface area contributed by atoms with Crippen LogP contribution in [0.1, 0.15) is 32.0 Å². The molecule has 16 heteroatoms. The molecule has 39 heavy (non-hydrogen) atoms. The molecule has 0 aliphatic rings. The molecule has 0 fully saturated rings. The van der Waals surface area contributed by atoms with Crippen LogP contribution in [0.25, 0.3) is 11.4 Å². The number of para-hydroxylation sites is 1. The van der Waals surface area contributed by atoms with E-state index in [1.807, 2.05) is 32.9 Å². The van der Waals surface area contributed by atoms with Gasteiger partial charge in [0.2, 0.25) is 0 Å². The fourth-order valence-electron chi connectivity index (χ4n) is 3.62. The van der Waals surface area contributed by atoms with E-state index in [0.717, 1.165) is 29.1 Å². The van der Waals surface area contributed by atoms with Crippen molar-refractivity contribution in [3.63, 3.8) is 0 Å². The largest absolute Gasteiger partial charge is 0.382 e. The molecule has 0 spiro atoms. The Morgan fingerprint density at radius 3 is 2.21 bits per heavy atom. The average Bonchev–Trinajstić information content (AvgIpc) is 3.42. The van der Waals surface area contributed by atoms with E-state index in [9.17, 15) is 31.2 Å². The first-order valence-electron chi connectivity index (χ1n) is 11.1. The number of azo groups is 1. The van der Waals surface area contributed by atoms with Crippen LogP contribution in [0.15, 0.2) is 74.7 Å². The van der Waals surface area contributed by atoms with Gasteiger partial charge in [-0.3, -0.25) is 9.11 Å². The highest BCUT2D eigenvalue weighted by atomic mass is 32.2. The number of nitrogens with two attached hydrogens (primary N) is 1. The standard InChI is InChI=1S/C23H22N8O6S2/c1-23(2,3)20-19(21(25)30(29-20)15-7-5-4-6-8-15)27-28-22-14(12-24)13-26-31(22)17-11-16(38(32,33)34)9-10-18(17)39(35,36)37/h4-11,13H,25H2,1-3H3,(H,32,33,34)(H,35,36,37). The molecule has 0 unspecified atom stereocenters. The lowest BCUT2D eigenvalue weighted by Crippen LogP contribution is -2.13. The van der Waals surface area contributed by atoms with Crippen LogP contribution in [-0.2, 0) is 25.7 Å². The van der Waals surface area contributed by atoms with Crippen molar-refractivity contribution in [1.82, 2.24) is 19.6 Å². The quantitative estimate of drug-likeness (QED) is 0.225. The van der Waals surface area contributed by atoms with E-state index in [4.69, 9.17) is 5.73 Å². The first-order chi connectivity index (χ1) is 18.1. The summed E-state index contributed by atoms with van der Waals surface area (Å²) in [6, 6.07) is 13.2. The van der Waals surface area contributed by atoms with Crippen LogP contribution in [-0.4, -0.2) is 45.5 Å². The van der Waals surface area contributed by atoms with E-state index >= 15 is 0 Å². The molecule has 14 nitrogen and oxygen atoms in total. The van der Waals surface area contributed by atoms with Crippen molar-refractivity contribution in [2.24, 2.45) is 10.2 Å². The summed E-state index contributed by atoms with van der Waals surface area (Å²) in [6.07, 6.45) is 1.05. The highest BCUT2D eigenvalue weighted by Crippen LogP contribution is 2.38. The molecule has 0 saturated carbocycles. The molecule has 0 atom stereocenters. The Balaban J connectivity index is 1.96. The van der Waals surface area contributed by atoms with Gasteiger partial charge in [0.15, 0.2) is 17.3 Å². The number of nitrogens with zero attached hydrogens (tertiary/aromatic N) is 7. The van der Waals surface area contributed by atoms with Gasteiger partial charge in [-0.05, 0) is 30.3 Å². The summed E-state index contributed by atoms with van der Waals surface area (Å²) in [6.45, 7) is 5.65. The molecule has 202 valence electrons. The third-order valence-electron chi connectivity index (χ3n) is 5.45. The summed E-state index contributed by atoms with van der Waals surface area (Å²) < 4.78 is 69.0.